The molecule has 0 saturated heterocycles. The van der Waals surface area contributed by atoms with Crippen molar-refractivity contribution < 1.29 is 19.7 Å². The van der Waals surface area contributed by atoms with Gasteiger partial charge in [-0.1, -0.05) is 0 Å². The third-order valence-corrected chi connectivity index (χ3v) is 1.64. The number of methoxy groups -OCH3 is 1. The normalized spacial score (nSPS) is 15.4. The minimum absolute atomic E-state index is 0.00695. The first-order valence-corrected chi connectivity index (χ1v) is 4.80. The Kier molecular flexibility index (Phi) is 9.23. The van der Waals surface area contributed by atoms with E-state index in [9.17, 15) is 5.11 Å². The minimum Gasteiger partial charge on any atom is -0.395 e. The molecule has 0 aromatic carbocycles. The minimum atomic E-state index is -0.541. The molecular weight excluding hydrogens is 186 g/mol. The van der Waals surface area contributed by atoms with Gasteiger partial charge in [0.05, 0.1) is 32.0 Å². The number of aliphatic hydroxyl groups is 2. The predicted octanol–water partition coefficient (Wildman–Crippen LogP) is -1.02. The first kappa shape index (κ1) is 13.8. The molecule has 0 bridgehead atoms. The van der Waals surface area contributed by atoms with Crippen molar-refractivity contribution in [1.82, 2.24) is 5.32 Å². The molecule has 5 nitrogen and oxygen atoms in total. The Morgan fingerprint density at radius 2 is 2.07 bits per heavy atom. The fraction of sp³-hybridized carbons (Fsp3) is 1.00. The van der Waals surface area contributed by atoms with Crippen LogP contribution in [0.4, 0.5) is 0 Å². The van der Waals surface area contributed by atoms with Gasteiger partial charge in [-0.2, -0.15) is 0 Å². The number of nitrogens with one attached hydrogen (secondary N) is 1. The fourth-order valence-electron chi connectivity index (χ4n) is 0.965. The highest BCUT2D eigenvalue weighted by Gasteiger charge is 2.07. The summed E-state index contributed by atoms with van der Waals surface area (Å²) in [6.45, 7) is 3.69. The number of ether oxygens (including phenoxy) is 2. The number of rotatable bonds is 9. The highest BCUT2D eigenvalue weighted by atomic mass is 16.5. The van der Waals surface area contributed by atoms with Gasteiger partial charge in [0, 0.05) is 20.2 Å². The molecule has 0 amide bonds. The van der Waals surface area contributed by atoms with Crippen LogP contribution in [0.2, 0.25) is 0 Å². The summed E-state index contributed by atoms with van der Waals surface area (Å²) in [5.41, 5.74) is 0. The lowest BCUT2D eigenvalue weighted by molar-refractivity contribution is -0.0311. The van der Waals surface area contributed by atoms with Gasteiger partial charge in [-0.3, -0.25) is 0 Å². The van der Waals surface area contributed by atoms with E-state index in [0.29, 0.717) is 19.7 Å². The van der Waals surface area contributed by atoms with Crippen LogP contribution in [0.25, 0.3) is 0 Å². The van der Waals surface area contributed by atoms with Crippen molar-refractivity contribution in [3.63, 3.8) is 0 Å². The molecule has 0 radical (unpaired) electrons. The maximum Gasteiger partial charge on any atom is 0.0897 e. The van der Waals surface area contributed by atoms with Crippen LogP contribution in [0.15, 0.2) is 0 Å². The van der Waals surface area contributed by atoms with Crippen molar-refractivity contribution in [3.8, 4) is 0 Å². The molecule has 0 saturated carbocycles. The molecule has 86 valence electrons. The standard InChI is InChI=1S/C9H21NO4/c1-8(6-13-2)14-7-9(12)5-10-3-4-11/h8-12H,3-7H2,1-2H3. The van der Waals surface area contributed by atoms with E-state index in [1.165, 1.54) is 0 Å². The summed E-state index contributed by atoms with van der Waals surface area (Å²) in [6, 6.07) is 0. The maximum absolute atomic E-state index is 9.38. The van der Waals surface area contributed by atoms with Crippen LogP contribution in [-0.2, 0) is 9.47 Å². The molecule has 0 aromatic heterocycles. The van der Waals surface area contributed by atoms with Gasteiger partial charge in [-0.05, 0) is 6.92 Å². The van der Waals surface area contributed by atoms with Gasteiger partial charge < -0.3 is 25.0 Å². The second-order valence-corrected chi connectivity index (χ2v) is 3.18. The van der Waals surface area contributed by atoms with Crippen molar-refractivity contribution >= 4 is 0 Å². The van der Waals surface area contributed by atoms with Gasteiger partial charge in [0.25, 0.3) is 0 Å². The first-order valence-electron chi connectivity index (χ1n) is 4.80. The zero-order chi connectivity index (χ0) is 10.8. The van der Waals surface area contributed by atoms with Crippen LogP contribution in [0, 0.1) is 0 Å². The molecule has 2 unspecified atom stereocenters. The molecule has 0 aromatic rings. The Bertz CT molecular complexity index is 123. The topological polar surface area (TPSA) is 71.0 Å². The molecular formula is C9H21NO4. The molecule has 0 aliphatic heterocycles. The SMILES string of the molecule is COCC(C)OCC(O)CNCCO. The highest BCUT2D eigenvalue weighted by molar-refractivity contribution is 4.59. The van der Waals surface area contributed by atoms with Gasteiger partial charge in [0.1, 0.15) is 0 Å². The molecule has 3 N–H and O–H groups in total. The summed E-state index contributed by atoms with van der Waals surface area (Å²) >= 11 is 0. The van der Waals surface area contributed by atoms with Crippen molar-refractivity contribution in [1.29, 1.82) is 0 Å². The molecule has 0 aliphatic rings. The summed E-state index contributed by atoms with van der Waals surface area (Å²) in [5.74, 6) is 0. The van der Waals surface area contributed by atoms with Crippen molar-refractivity contribution in [2.24, 2.45) is 0 Å². The summed E-state index contributed by atoms with van der Waals surface area (Å²) in [7, 11) is 1.61. The average Bonchev–Trinajstić information content (AvgIpc) is 2.16. The van der Waals surface area contributed by atoms with E-state index < -0.39 is 6.10 Å². The smallest absolute Gasteiger partial charge is 0.0897 e. The number of hydrogen-bond donors (Lipinski definition) is 3. The molecule has 2 atom stereocenters. The molecule has 14 heavy (non-hydrogen) atoms. The zero-order valence-corrected chi connectivity index (χ0v) is 8.90. The summed E-state index contributed by atoms with van der Waals surface area (Å²) < 4.78 is 10.2. The van der Waals surface area contributed by atoms with Gasteiger partial charge in [-0.25, -0.2) is 0 Å². The van der Waals surface area contributed by atoms with Crippen LogP contribution >= 0.6 is 0 Å². The molecule has 0 fully saturated rings. The van der Waals surface area contributed by atoms with Crippen LogP contribution < -0.4 is 5.32 Å². The second-order valence-electron chi connectivity index (χ2n) is 3.18. The maximum atomic E-state index is 9.38. The Morgan fingerprint density at radius 1 is 1.36 bits per heavy atom. The lowest BCUT2D eigenvalue weighted by Gasteiger charge is -2.15. The fourth-order valence-corrected chi connectivity index (χ4v) is 0.965. The van der Waals surface area contributed by atoms with Gasteiger partial charge in [-0.15, -0.1) is 0 Å². The van der Waals surface area contributed by atoms with Crippen LogP contribution in [0.1, 0.15) is 6.92 Å². The van der Waals surface area contributed by atoms with Crippen molar-refractivity contribution in [2.75, 3.05) is 40.0 Å². The van der Waals surface area contributed by atoms with E-state index in [1.54, 1.807) is 7.11 Å². The van der Waals surface area contributed by atoms with E-state index in [2.05, 4.69) is 5.32 Å². The van der Waals surface area contributed by atoms with Crippen LogP contribution in [-0.4, -0.2) is 62.4 Å². The van der Waals surface area contributed by atoms with E-state index >= 15 is 0 Å². The Morgan fingerprint density at radius 3 is 2.64 bits per heavy atom. The lowest BCUT2D eigenvalue weighted by Crippen LogP contribution is -2.33. The quantitative estimate of drug-likeness (QED) is 0.422. The third-order valence-electron chi connectivity index (χ3n) is 1.64. The van der Waals surface area contributed by atoms with E-state index in [1.807, 2.05) is 6.92 Å². The zero-order valence-electron chi connectivity index (χ0n) is 8.90. The summed E-state index contributed by atoms with van der Waals surface area (Å²) in [6.07, 6.45) is -0.548. The molecule has 5 heteroatoms. The Hall–Kier alpha value is -0.200. The molecule has 0 heterocycles. The molecule has 0 aliphatic carbocycles. The molecule has 0 spiro atoms. The lowest BCUT2D eigenvalue weighted by atomic mass is 10.3. The van der Waals surface area contributed by atoms with Crippen molar-refractivity contribution in [3.05, 3.63) is 0 Å². The number of hydrogen-bond acceptors (Lipinski definition) is 5. The Balaban J connectivity index is 3.29. The van der Waals surface area contributed by atoms with Crippen molar-refractivity contribution in [2.45, 2.75) is 19.1 Å². The van der Waals surface area contributed by atoms with Gasteiger partial charge in [0.2, 0.25) is 0 Å². The third kappa shape index (κ3) is 8.40. The second kappa shape index (κ2) is 9.36. The monoisotopic (exact) mass is 207 g/mol. The van der Waals surface area contributed by atoms with Crippen LogP contribution in [0.5, 0.6) is 0 Å². The van der Waals surface area contributed by atoms with Gasteiger partial charge >= 0.3 is 0 Å². The number of aliphatic hydroxyl groups excluding tert-OH is 2. The predicted molar refractivity (Wildman–Crippen MR) is 53.3 cm³/mol. The largest absolute Gasteiger partial charge is 0.395 e. The molecule has 0 rings (SSSR count). The highest BCUT2D eigenvalue weighted by Crippen LogP contribution is 1.93. The van der Waals surface area contributed by atoms with Crippen LogP contribution in [0.3, 0.4) is 0 Å². The van der Waals surface area contributed by atoms with E-state index in [0.717, 1.165) is 0 Å². The first-order chi connectivity index (χ1) is 6.70. The van der Waals surface area contributed by atoms with E-state index in [-0.39, 0.29) is 19.3 Å². The average molecular weight is 207 g/mol. The summed E-state index contributed by atoms with van der Waals surface area (Å²) in [4.78, 5) is 0. The van der Waals surface area contributed by atoms with E-state index in [4.69, 9.17) is 14.6 Å². The summed E-state index contributed by atoms with van der Waals surface area (Å²) in [5, 5.41) is 20.7. The Labute approximate surface area is 85.0 Å². The van der Waals surface area contributed by atoms with Gasteiger partial charge in [0.15, 0.2) is 0 Å².